The zero-order valence-electron chi connectivity index (χ0n) is 9.37. The smallest absolute Gasteiger partial charge is 0.200 e. The van der Waals surface area contributed by atoms with Crippen molar-refractivity contribution in [2.45, 2.75) is 0 Å². The number of carbonyl (C=O) groups is 1. The molecule has 0 fully saturated rings. The molecule has 0 aliphatic heterocycles. The number of phenolic OH excluding ortho intramolecular Hbond substituents is 3. The number of allylic oxidation sites excluding steroid dienone is 3. The lowest BCUT2D eigenvalue weighted by Gasteiger charge is -2.01. The van der Waals surface area contributed by atoms with E-state index in [4.69, 9.17) is 10.2 Å². The van der Waals surface area contributed by atoms with Gasteiger partial charge >= 0.3 is 0 Å². The number of phenols is 3. The van der Waals surface area contributed by atoms with Crippen LogP contribution < -0.4 is 0 Å². The van der Waals surface area contributed by atoms with Crippen LogP contribution in [-0.4, -0.2) is 26.2 Å². The molecular formula is C13H12O5. The molecule has 0 bridgehead atoms. The molecule has 0 aliphatic carbocycles. The lowest BCUT2D eigenvalue weighted by Crippen LogP contribution is -1.88. The molecule has 0 aliphatic rings. The maximum atomic E-state index is 11.3. The summed E-state index contributed by atoms with van der Waals surface area (Å²) in [4.78, 5) is 11.3. The Labute approximate surface area is 103 Å². The van der Waals surface area contributed by atoms with Gasteiger partial charge in [0, 0.05) is 6.08 Å². The molecule has 5 heteroatoms. The van der Waals surface area contributed by atoms with Crippen molar-refractivity contribution in [1.29, 1.82) is 0 Å². The van der Waals surface area contributed by atoms with E-state index in [0.29, 0.717) is 5.56 Å². The van der Waals surface area contributed by atoms with Crippen LogP contribution in [0.1, 0.15) is 5.56 Å². The number of rotatable bonds is 4. The summed E-state index contributed by atoms with van der Waals surface area (Å²) in [6.45, 7) is 3.28. The first-order valence-electron chi connectivity index (χ1n) is 4.94. The van der Waals surface area contributed by atoms with Gasteiger partial charge in [0.15, 0.2) is 23.0 Å². The number of aliphatic hydroxyl groups excluding tert-OH is 1. The Bertz CT molecular complexity index is 517. The highest BCUT2D eigenvalue weighted by Gasteiger charge is 2.06. The van der Waals surface area contributed by atoms with Crippen molar-refractivity contribution in [3.8, 4) is 17.2 Å². The minimum Gasteiger partial charge on any atom is -0.508 e. The Morgan fingerprint density at radius 2 is 1.72 bits per heavy atom. The van der Waals surface area contributed by atoms with Crippen LogP contribution in [0.3, 0.4) is 0 Å². The van der Waals surface area contributed by atoms with E-state index in [9.17, 15) is 15.0 Å². The molecule has 94 valence electrons. The van der Waals surface area contributed by atoms with Crippen molar-refractivity contribution in [2.24, 2.45) is 0 Å². The average Bonchev–Trinajstić information content (AvgIpc) is 2.33. The van der Waals surface area contributed by atoms with Gasteiger partial charge in [-0.25, -0.2) is 0 Å². The van der Waals surface area contributed by atoms with Crippen molar-refractivity contribution in [2.75, 3.05) is 0 Å². The van der Waals surface area contributed by atoms with Crippen LogP contribution in [-0.2, 0) is 4.79 Å². The lowest BCUT2D eigenvalue weighted by atomic mass is 10.1. The fourth-order valence-electron chi connectivity index (χ4n) is 1.15. The summed E-state index contributed by atoms with van der Waals surface area (Å²) in [5.41, 5.74) is 0.322. The zero-order valence-corrected chi connectivity index (χ0v) is 9.37. The third-order valence-corrected chi connectivity index (χ3v) is 2.03. The highest BCUT2D eigenvalue weighted by atomic mass is 16.3. The number of ketones is 1. The quantitative estimate of drug-likeness (QED) is 0.283. The van der Waals surface area contributed by atoms with Crippen LogP contribution in [0.4, 0.5) is 0 Å². The first kappa shape index (κ1) is 13.4. The van der Waals surface area contributed by atoms with Crippen LogP contribution in [0.15, 0.2) is 42.7 Å². The molecule has 0 saturated carbocycles. The largest absolute Gasteiger partial charge is 0.508 e. The first-order chi connectivity index (χ1) is 8.43. The molecule has 1 rings (SSSR count). The minimum absolute atomic E-state index is 0.263. The van der Waals surface area contributed by atoms with Gasteiger partial charge in [-0.3, -0.25) is 4.79 Å². The maximum Gasteiger partial charge on any atom is 0.200 e. The molecular weight excluding hydrogens is 236 g/mol. The SMILES string of the molecule is C=CC(O)=CC(=O)C=Cc1cc(O)c(O)c(O)c1. The van der Waals surface area contributed by atoms with Crippen molar-refractivity contribution in [1.82, 2.24) is 0 Å². The Balaban J connectivity index is 2.92. The number of aliphatic hydroxyl groups is 1. The van der Waals surface area contributed by atoms with E-state index in [0.717, 1.165) is 18.2 Å². The summed E-state index contributed by atoms with van der Waals surface area (Å²) in [7, 11) is 0. The summed E-state index contributed by atoms with van der Waals surface area (Å²) in [6.07, 6.45) is 4.52. The Morgan fingerprint density at radius 3 is 2.22 bits per heavy atom. The average molecular weight is 248 g/mol. The van der Waals surface area contributed by atoms with Crippen LogP contribution in [0, 0.1) is 0 Å². The normalized spacial score (nSPS) is 11.7. The van der Waals surface area contributed by atoms with Crippen LogP contribution in [0.5, 0.6) is 17.2 Å². The number of hydrogen-bond donors (Lipinski definition) is 4. The molecule has 5 nitrogen and oxygen atoms in total. The molecule has 0 amide bonds. The van der Waals surface area contributed by atoms with Crippen LogP contribution in [0.2, 0.25) is 0 Å². The fraction of sp³-hybridized carbons (Fsp3) is 0. The monoisotopic (exact) mass is 248 g/mol. The van der Waals surface area contributed by atoms with Gasteiger partial charge in [-0.2, -0.15) is 0 Å². The van der Waals surface area contributed by atoms with E-state index < -0.39 is 23.0 Å². The van der Waals surface area contributed by atoms with Crippen LogP contribution in [0.25, 0.3) is 6.08 Å². The molecule has 0 atom stereocenters. The maximum absolute atomic E-state index is 11.3. The second-order valence-corrected chi connectivity index (χ2v) is 3.42. The summed E-state index contributed by atoms with van der Waals surface area (Å²) in [6, 6.07) is 2.35. The molecule has 4 N–H and O–H groups in total. The van der Waals surface area contributed by atoms with Gasteiger partial charge < -0.3 is 20.4 Å². The predicted octanol–water partition coefficient (Wildman–Crippen LogP) is 2.01. The number of aromatic hydroxyl groups is 3. The topological polar surface area (TPSA) is 98.0 Å². The molecule has 0 unspecified atom stereocenters. The highest BCUT2D eigenvalue weighted by molar-refractivity contribution is 6.02. The van der Waals surface area contributed by atoms with Gasteiger partial charge in [0.25, 0.3) is 0 Å². The van der Waals surface area contributed by atoms with E-state index >= 15 is 0 Å². The molecule has 0 aromatic heterocycles. The van der Waals surface area contributed by atoms with E-state index in [1.807, 2.05) is 0 Å². The third-order valence-electron chi connectivity index (χ3n) is 2.03. The molecule has 0 heterocycles. The van der Waals surface area contributed by atoms with Crippen molar-refractivity contribution >= 4 is 11.9 Å². The summed E-state index contributed by atoms with van der Waals surface area (Å²) in [5.74, 6) is -2.36. The van der Waals surface area contributed by atoms with E-state index in [1.54, 1.807) is 0 Å². The standard InChI is InChI=1S/C13H12O5/c1-2-9(14)7-10(15)4-3-8-5-11(16)13(18)12(17)6-8/h2-7,14,16-18H,1H2. The fourth-order valence-corrected chi connectivity index (χ4v) is 1.15. The van der Waals surface area contributed by atoms with Gasteiger partial charge in [0.05, 0.1) is 0 Å². The van der Waals surface area contributed by atoms with E-state index in [-0.39, 0.29) is 5.76 Å². The summed E-state index contributed by atoms with van der Waals surface area (Å²) >= 11 is 0. The number of hydrogen-bond acceptors (Lipinski definition) is 5. The molecule has 0 radical (unpaired) electrons. The molecule has 1 aromatic rings. The van der Waals surface area contributed by atoms with Gasteiger partial charge in [-0.15, -0.1) is 0 Å². The minimum atomic E-state index is -0.623. The summed E-state index contributed by atoms with van der Waals surface area (Å²) < 4.78 is 0. The van der Waals surface area contributed by atoms with Gasteiger partial charge in [0.2, 0.25) is 0 Å². The Morgan fingerprint density at radius 1 is 1.17 bits per heavy atom. The van der Waals surface area contributed by atoms with Gasteiger partial charge in [-0.05, 0) is 29.8 Å². The Kier molecular flexibility index (Phi) is 4.15. The second kappa shape index (κ2) is 5.58. The zero-order chi connectivity index (χ0) is 13.7. The van der Waals surface area contributed by atoms with Crippen molar-refractivity contribution in [3.05, 3.63) is 48.3 Å². The lowest BCUT2D eigenvalue weighted by molar-refractivity contribution is -0.110. The third kappa shape index (κ3) is 3.41. The van der Waals surface area contributed by atoms with E-state index in [2.05, 4.69) is 6.58 Å². The molecule has 0 spiro atoms. The summed E-state index contributed by atoms with van der Waals surface area (Å²) in [5, 5.41) is 36.6. The highest BCUT2D eigenvalue weighted by Crippen LogP contribution is 2.35. The predicted molar refractivity (Wildman–Crippen MR) is 66.4 cm³/mol. The molecule has 0 saturated heterocycles. The van der Waals surface area contributed by atoms with Gasteiger partial charge in [-0.1, -0.05) is 12.7 Å². The van der Waals surface area contributed by atoms with Gasteiger partial charge in [0.1, 0.15) is 5.76 Å². The second-order valence-electron chi connectivity index (χ2n) is 3.42. The molecule has 1 aromatic carbocycles. The van der Waals surface area contributed by atoms with Crippen LogP contribution >= 0.6 is 0 Å². The first-order valence-corrected chi connectivity index (χ1v) is 4.94. The molecule has 18 heavy (non-hydrogen) atoms. The van der Waals surface area contributed by atoms with Crippen molar-refractivity contribution < 1.29 is 25.2 Å². The van der Waals surface area contributed by atoms with E-state index in [1.165, 1.54) is 18.2 Å². The van der Waals surface area contributed by atoms with Crippen molar-refractivity contribution in [3.63, 3.8) is 0 Å². The Hall–Kier alpha value is -2.69. The number of carbonyl (C=O) groups excluding carboxylic acids is 1. The number of benzene rings is 1.